The Hall–Kier alpha value is -2.97. The highest BCUT2D eigenvalue weighted by Crippen LogP contribution is 2.22. The van der Waals surface area contributed by atoms with Crippen molar-refractivity contribution in [2.75, 3.05) is 26.2 Å². The van der Waals surface area contributed by atoms with Crippen molar-refractivity contribution in [2.24, 2.45) is 0 Å². The van der Waals surface area contributed by atoms with Crippen LogP contribution in [0.15, 0.2) is 58.2 Å². The standard InChI is InChI=1S/C22H23N3O4S/c1-15-7-8-17(13-16(15)2)30(28,29)25-11-9-24(10-12-25)22(27)19-14-21(26)23-20-6-4-3-5-18(19)20/h3-8,13-14H,9-12H2,1-2H3,(H,23,26). The molecule has 0 saturated carbocycles. The number of hydrogen-bond donors (Lipinski definition) is 1. The van der Waals surface area contributed by atoms with Crippen molar-refractivity contribution in [3.8, 4) is 0 Å². The molecule has 1 amide bonds. The van der Waals surface area contributed by atoms with Crippen LogP contribution in [0, 0.1) is 13.8 Å². The summed E-state index contributed by atoms with van der Waals surface area (Å²) in [7, 11) is -3.62. The smallest absolute Gasteiger partial charge is 0.254 e. The highest BCUT2D eigenvalue weighted by molar-refractivity contribution is 7.89. The zero-order valence-corrected chi connectivity index (χ0v) is 17.7. The summed E-state index contributed by atoms with van der Waals surface area (Å²) in [6, 6.07) is 13.6. The summed E-state index contributed by atoms with van der Waals surface area (Å²) < 4.78 is 27.4. The predicted octanol–water partition coefficient (Wildman–Crippen LogP) is 2.29. The molecule has 156 valence electrons. The molecule has 1 fully saturated rings. The molecule has 0 unspecified atom stereocenters. The number of aromatic nitrogens is 1. The van der Waals surface area contributed by atoms with Gasteiger partial charge < -0.3 is 9.88 Å². The number of carbonyl (C=O) groups is 1. The maximum Gasteiger partial charge on any atom is 0.254 e. The Labute approximate surface area is 175 Å². The Balaban J connectivity index is 1.54. The van der Waals surface area contributed by atoms with Crippen LogP contribution in [0.25, 0.3) is 10.9 Å². The normalized spacial score (nSPS) is 15.5. The third-order valence-corrected chi connectivity index (χ3v) is 7.52. The first-order valence-corrected chi connectivity index (χ1v) is 11.2. The van der Waals surface area contributed by atoms with E-state index in [1.807, 2.05) is 19.9 Å². The van der Waals surface area contributed by atoms with Gasteiger partial charge in [0.05, 0.1) is 10.5 Å². The van der Waals surface area contributed by atoms with Gasteiger partial charge in [-0.25, -0.2) is 8.42 Å². The minimum absolute atomic E-state index is 0.210. The first-order valence-electron chi connectivity index (χ1n) is 9.76. The predicted molar refractivity (Wildman–Crippen MR) is 115 cm³/mol. The lowest BCUT2D eigenvalue weighted by Gasteiger charge is -2.34. The second-order valence-corrected chi connectivity index (χ2v) is 9.47. The number of rotatable bonds is 3. The number of sulfonamides is 1. The zero-order chi connectivity index (χ0) is 21.5. The van der Waals surface area contributed by atoms with Crippen LogP contribution in [0.2, 0.25) is 0 Å². The molecule has 1 aliphatic rings. The fourth-order valence-corrected chi connectivity index (χ4v) is 5.21. The van der Waals surface area contributed by atoms with E-state index < -0.39 is 10.0 Å². The topological polar surface area (TPSA) is 90.6 Å². The number of aryl methyl sites for hydroxylation is 2. The van der Waals surface area contributed by atoms with Crippen LogP contribution in [-0.2, 0) is 10.0 Å². The van der Waals surface area contributed by atoms with Gasteiger partial charge >= 0.3 is 0 Å². The third-order valence-electron chi connectivity index (χ3n) is 5.62. The van der Waals surface area contributed by atoms with Crippen molar-refractivity contribution in [1.29, 1.82) is 0 Å². The van der Waals surface area contributed by atoms with Crippen LogP contribution < -0.4 is 5.56 Å². The van der Waals surface area contributed by atoms with E-state index in [4.69, 9.17) is 0 Å². The molecular formula is C22H23N3O4S. The van der Waals surface area contributed by atoms with E-state index >= 15 is 0 Å². The number of fused-ring (bicyclic) bond motifs is 1. The van der Waals surface area contributed by atoms with Crippen LogP contribution in [0.3, 0.4) is 0 Å². The molecule has 0 atom stereocenters. The van der Waals surface area contributed by atoms with Crippen LogP contribution in [0.5, 0.6) is 0 Å². The fourth-order valence-electron chi connectivity index (χ4n) is 3.71. The van der Waals surface area contributed by atoms with E-state index in [1.54, 1.807) is 41.3 Å². The zero-order valence-electron chi connectivity index (χ0n) is 16.9. The van der Waals surface area contributed by atoms with Gasteiger partial charge in [-0.2, -0.15) is 4.31 Å². The molecule has 4 rings (SSSR count). The number of hydrogen-bond acceptors (Lipinski definition) is 4. The third kappa shape index (κ3) is 3.64. The van der Waals surface area contributed by atoms with E-state index in [0.29, 0.717) is 16.5 Å². The molecule has 7 nitrogen and oxygen atoms in total. The molecule has 1 aromatic heterocycles. The molecule has 1 N–H and O–H groups in total. The van der Waals surface area contributed by atoms with E-state index in [-0.39, 0.29) is 42.5 Å². The van der Waals surface area contributed by atoms with Crippen LogP contribution in [0.4, 0.5) is 0 Å². The van der Waals surface area contributed by atoms with Crippen molar-refractivity contribution < 1.29 is 13.2 Å². The summed E-state index contributed by atoms with van der Waals surface area (Å²) in [5.74, 6) is -0.263. The molecule has 1 saturated heterocycles. The second kappa shape index (κ2) is 7.70. The largest absolute Gasteiger partial charge is 0.336 e. The number of nitrogens with zero attached hydrogens (tertiary/aromatic N) is 2. The van der Waals surface area contributed by atoms with Gasteiger partial charge in [-0.1, -0.05) is 24.3 Å². The SMILES string of the molecule is Cc1ccc(S(=O)(=O)N2CCN(C(=O)c3cc(=O)[nH]c4ccccc34)CC2)cc1C. The lowest BCUT2D eigenvalue weighted by Crippen LogP contribution is -2.50. The summed E-state index contributed by atoms with van der Waals surface area (Å²) in [4.78, 5) is 29.7. The Morgan fingerprint density at radius 2 is 1.63 bits per heavy atom. The lowest BCUT2D eigenvalue weighted by molar-refractivity contribution is 0.0699. The average molecular weight is 426 g/mol. The summed E-state index contributed by atoms with van der Waals surface area (Å²) in [6.07, 6.45) is 0. The van der Waals surface area contributed by atoms with Gasteiger partial charge in [0.15, 0.2) is 0 Å². The van der Waals surface area contributed by atoms with Gasteiger partial charge in [0, 0.05) is 43.1 Å². The maximum atomic E-state index is 13.1. The van der Waals surface area contributed by atoms with Gasteiger partial charge in [0.25, 0.3) is 5.91 Å². The van der Waals surface area contributed by atoms with Crippen molar-refractivity contribution in [1.82, 2.24) is 14.2 Å². The number of amides is 1. The molecule has 0 aliphatic carbocycles. The Bertz CT molecular complexity index is 1290. The molecule has 0 bridgehead atoms. The minimum Gasteiger partial charge on any atom is -0.336 e. The number of para-hydroxylation sites is 1. The highest BCUT2D eigenvalue weighted by Gasteiger charge is 2.31. The van der Waals surface area contributed by atoms with E-state index in [1.165, 1.54) is 10.4 Å². The van der Waals surface area contributed by atoms with E-state index in [2.05, 4.69) is 4.98 Å². The van der Waals surface area contributed by atoms with Crippen LogP contribution in [0.1, 0.15) is 21.5 Å². The molecule has 3 aromatic rings. The van der Waals surface area contributed by atoms with E-state index in [0.717, 1.165) is 11.1 Å². The van der Waals surface area contributed by atoms with Gasteiger partial charge in [0.1, 0.15) is 0 Å². The average Bonchev–Trinajstić information content (AvgIpc) is 2.74. The number of aromatic amines is 1. The monoisotopic (exact) mass is 425 g/mol. The summed E-state index contributed by atoms with van der Waals surface area (Å²) in [5.41, 5.74) is 2.55. The number of pyridine rings is 1. The minimum atomic E-state index is -3.62. The Morgan fingerprint density at radius 3 is 2.33 bits per heavy atom. The molecule has 30 heavy (non-hydrogen) atoms. The molecule has 0 radical (unpaired) electrons. The molecule has 1 aliphatic heterocycles. The maximum absolute atomic E-state index is 13.1. The van der Waals surface area contributed by atoms with Gasteiger partial charge in [-0.3, -0.25) is 9.59 Å². The first-order chi connectivity index (χ1) is 14.3. The number of H-pyrrole nitrogens is 1. The summed E-state index contributed by atoms with van der Waals surface area (Å²) >= 11 is 0. The Kier molecular flexibility index (Phi) is 5.21. The second-order valence-electron chi connectivity index (χ2n) is 7.54. The molecule has 8 heteroatoms. The van der Waals surface area contributed by atoms with Crippen molar-refractivity contribution in [3.05, 3.63) is 75.6 Å². The number of benzene rings is 2. The molecule has 0 spiro atoms. The van der Waals surface area contributed by atoms with Crippen molar-refractivity contribution >= 4 is 26.8 Å². The van der Waals surface area contributed by atoms with Gasteiger partial charge in [-0.15, -0.1) is 0 Å². The summed E-state index contributed by atoms with van der Waals surface area (Å²) in [5, 5.41) is 0.673. The van der Waals surface area contributed by atoms with Crippen molar-refractivity contribution in [2.45, 2.75) is 18.7 Å². The number of nitrogens with one attached hydrogen (secondary N) is 1. The number of carbonyl (C=O) groups excluding carboxylic acids is 1. The van der Waals surface area contributed by atoms with Crippen LogP contribution >= 0.6 is 0 Å². The molecule has 2 heterocycles. The van der Waals surface area contributed by atoms with Crippen molar-refractivity contribution in [3.63, 3.8) is 0 Å². The molecule has 2 aromatic carbocycles. The quantitative estimate of drug-likeness (QED) is 0.697. The highest BCUT2D eigenvalue weighted by atomic mass is 32.2. The Morgan fingerprint density at radius 1 is 0.933 bits per heavy atom. The first kappa shape index (κ1) is 20.3. The van der Waals surface area contributed by atoms with Gasteiger partial charge in [0.2, 0.25) is 15.6 Å². The van der Waals surface area contributed by atoms with E-state index in [9.17, 15) is 18.0 Å². The van der Waals surface area contributed by atoms with Crippen LogP contribution in [-0.4, -0.2) is 54.7 Å². The lowest BCUT2D eigenvalue weighted by atomic mass is 10.1. The van der Waals surface area contributed by atoms with Gasteiger partial charge in [-0.05, 0) is 43.2 Å². The number of piperazine rings is 1. The molecular weight excluding hydrogens is 402 g/mol. The summed E-state index contributed by atoms with van der Waals surface area (Å²) in [6.45, 7) is 4.78. The fraction of sp³-hybridized carbons (Fsp3) is 0.273.